The maximum absolute atomic E-state index is 11.8. The van der Waals surface area contributed by atoms with Gasteiger partial charge in [-0.25, -0.2) is 13.2 Å². The van der Waals surface area contributed by atoms with Crippen LogP contribution in [-0.4, -0.2) is 36.4 Å². The van der Waals surface area contributed by atoms with E-state index in [0.29, 0.717) is 0 Å². The Morgan fingerprint density at radius 1 is 1.41 bits per heavy atom. The van der Waals surface area contributed by atoms with Crippen molar-refractivity contribution in [3.63, 3.8) is 0 Å². The van der Waals surface area contributed by atoms with Crippen LogP contribution in [0, 0.1) is 0 Å². The Kier molecular flexibility index (Phi) is 3.19. The first-order valence-electron chi connectivity index (χ1n) is 4.79. The third kappa shape index (κ3) is 3.19. The number of rotatable bonds is 2. The summed E-state index contributed by atoms with van der Waals surface area (Å²) in [5.74, 6) is -1.01. The smallest absolute Gasteiger partial charge is 0.345 e. The van der Waals surface area contributed by atoms with Crippen LogP contribution in [-0.2, 0) is 14.6 Å². The van der Waals surface area contributed by atoms with E-state index in [-0.39, 0.29) is 16.4 Å². The summed E-state index contributed by atoms with van der Waals surface area (Å²) < 4.78 is 27.9. The molecule has 0 saturated heterocycles. The van der Waals surface area contributed by atoms with Gasteiger partial charge in [0.1, 0.15) is 11.2 Å². The fourth-order valence-electron chi connectivity index (χ4n) is 1.13. The van der Waals surface area contributed by atoms with E-state index in [0.717, 1.165) is 6.26 Å². The number of hydrogen-bond acceptors (Lipinski definition) is 6. The third-order valence-electron chi connectivity index (χ3n) is 1.73. The highest BCUT2D eigenvalue weighted by Crippen LogP contribution is 2.21. The average Bonchev–Trinajstić information content (AvgIpc) is 2.42. The number of anilines is 1. The van der Waals surface area contributed by atoms with Crippen LogP contribution >= 0.6 is 0 Å². The molecule has 3 N–H and O–H groups in total. The van der Waals surface area contributed by atoms with Gasteiger partial charge in [-0.1, -0.05) is 0 Å². The monoisotopic (exact) mass is 261 g/mol. The minimum Gasteiger partial charge on any atom is -0.456 e. The average molecular weight is 261 g/mol. The summed E-state index contributed by atoms with van der Waals surface area (Å²) in [6, 6.07) is 0. The predicted molar refractivity (Wildman–Crippen MR) is 61.3 cm³/mol. The molecule has 0 unspecified atom stereocenters. The lowest BCUT2D eigenvalue weighted by atomic mass is 10.2. The number of nitrogens with zero attached hydrogens (tertiary/aromatic N) is 1. The Balaban J connectivity index is 3.23. The summed E-state index contributed by atoms with van der Waals surface area (Å²) in [6.45, 7) is 5.00. The topological polar surface area (TPSA) is 115 Å². The number of aromatic nitrogens is 2. The molecule has 0 saturated carbocycles. The molecule has 0 atom stereocenters. The minimum atomic E-state index is -3.61. The fourth-order valence-corrected chi connectivity index (χ4v) is 1.90. The largest absolute Gasteiger partial charge is 0.456 e. The molecule has 0 aliphatic carbocycles. The molecule has 96 valence electrons. The predicted octanol–water partition coefficient (Wildman–Crippen LogP) is 0.351. The van der Waals surface area contributed by atoms with Gasteiger partial charge in [-0.05, 0) is 20.8 Å². The highest BCUT2D eigenvalue weighted by molar-refractivity contribution is 7.90. The Bertz CT molecular complexity index is 539. The number of carbonyl (C=O) groups is 1. The van der Waals surface area contributed by atoms with E-state index < -0.39 is 21.4 Å². The van der Waals surface area contributed by atoms with Crippen molar-refractivity contribution < 1.29 is 17.9 Å². The molecule has 7 nitrogen and oxygen atoms in total. The lowest BCUT2D eigenvalue weighted by Gasteiger charge is -2.19. The van der Waals surface area contributed by atoms with E-state index in [1.807, 2.05) is 0 Å². The molecular weight excluding hydrogens is 246 g/mol. The third-order valence-corrected chi connectivity index (χ3v) is 2.77. The van der Waals surface area contributed by atoms with Gasteiger partial charge in [-0.15, -0.1) is 0 Å². The summed E-state index contributed by atoms with van der Waals surface area (Å²) in [4.78, 5) is 11.8. The molecule has 8 heteroatoms. The summed E-state index contributed by atoms with van der Waals surface area (Å²) >= 11 is 0. The first kappa shape index (κ1) is 13.5. The van der Waals surface area contributed by atoms with E-state index in [1.54, 1.807) is 20.8 Å². The number of aromatic amines is 1. The minimum absolute atomic E-state index is 0.195. The highest BCUT2D eigenvalue weighted by Gasteiger charge is 2.29. The molecule has 0 aromatic carbocycles. The Morgan fingerprint density at radius 2 is 1.94 bits per heavy atom. The second-order valence-corrected chi connectivity index (χ2v) is 6.54. The van der Waals surface area contributed by atoms with Crippen LogP contribution in [0.1, 0.15) is 31.1 Å². The van der Waals surface area contributed by atoms with Crippen LogP contribution in [0.15, 0.2) is 5.03 Å². The van der Waals surface area contributed by atoms with Crippen molar-refractivity contribution in [2.75, 3.05) is 12.0 Å². The zero-order valence-electron chi connectivity index (χ0n) is 10.1. The maximum Gasteiger partial charge on any atom is 0.345 e. The molecule has 0 radical (unpaired) electrons. The van der Waals surface area contributed by atoms with E-state index in [1.165, 1.54) is 0 Å². The second kappa shape index (κ2) is 4.02. The maximum atomic E-state index is 11.8. The molecule has 0 spiro atoms. The Labute approximate surface area is 99.3 Å². The number of nitrogens with two attached hydrogens (primary N) is 1. The van der Waals surface area contributed by atoms with Crippen LogP contribution in [0.5, 0.6) is 0 Å². The number of hydrogen-bond donors (Lipinski definition) is 2. The van der Waals surface area contributed by atoms with Crippen LogP contribution in [0.4, 0.5) is 5.82 Å². The lowest BCUT2D eigenvalue weighted by Crippen LogP contribution is -2.25. The van der Waals surface area contributed by atoms with Gasteiger partial charge in [0.05, 0.1) is 0 Å². The fraction of sp³-hybridized carbons (Fsp3) is 0.556. The summed E-state index contributed by atoms with van der Waals surface area (Å²) in [7, 11) is -3.61. The molecule has 1 heterocycles. The molecule has 17 heavy (non-hydrogen) atoms. The molecule has 0 fully saturated rings. The first-order chi connectivity index (χ1) is 7.52. The quantitative estimate of drug-likeness (QED) is 0.742. The van der Waals surface area contributed by atoms with Gasteiger partial charge in [0, 0.05) is 6.26 Å². The number of nitrogens with one attached hydrogen (secondary N) is 1. The Hall–Kier alpha value is -1.57. The van der Waals surface area contributed by atoms with E-state index in [2.05, 4.69) is 10.2 Å². The van der Waals surface area contributed by atoms with E-state index in [9.17, 15) is 13.2 Å². The second-order valence-electron chi connectivity index (χ2n) is 4.59. The van der Waals surface area contributed by atoms with Gasteiger partial charge in [-0.2, -0.15) is 5.10 Å². The lowest BCUT2D eigenvalue weighted by molar-refractivity contribution is 0.00664. The molecule has 0 bridgehead atoms. The van der Waals surface area contributed by atoms with Gasteiger partial charge in [0.2, 0.25) is 0 Å². The van der Waals surface area contributed by atoms with Crippen LogP contribution in [0.2, 0.25) is 0 Å². The zero-order chi connectivity index (χ0) is 13.4. The molecule has 1 aromatic rings. The van der Waals surface area contributed by atoms with Crippen molar-refractivity contribution in [2.24, 2.45) is 0 Å². The van der Waals surface area contributed by atoms with Crippen molar-refractivity contribution in [3.8, 4) is 0 Å². The first-order valence-corrected chi connectivity index (χ1v) is 6.69. The Morgan fingerprint density at radius 3 is 2.35 bits per heavy atom. The standard InChI is InChI=1S/C9H15N3O4S/c1-9(2,3)16-8(13)5-6(10)11-12-7(5)17(4,14)15/h1-4H3,(H3,10,11,12). The van der Waals surface area contributed by atoms with Crippen LogP contribution in [0.3, 0.4) is 0 Å². The highest BCUT2D eigenvalue weighted by atomic mass is 32.2. The normalized spacial score (nSPS) is 12.5. The number of nitrogen functional groups attached to an aromatic ring is 1. The van der Waals surface area contributed by atoms with Gasteiger partial charge < -0.3 is 10.5 Å². The van der Waals surface area contributed by atoms with Crippen molar-refractivity contribution in [3.05, 3.63) is 5.56 Å². The summed E-state index contributed by atoms with van der Waals surface area (Å²) in [6.07, 6.45) is 0.952. The molecule has 0 aliphatic heterocycles. The SMILES string of the molecule is CC(C)(C)OC(=O)c1c(N)n[nH]c1S(C)(=O)=O. The van der Waals surface area contributed by atoms with Crippen LogP contribution in [0.25, 0.3) is 0 Å². The van der Waals surface area contributed by atoms with Crippen molar-refractivity contribution in [1.82, 2.24) is 10.2 Å². The zero-order valence-corrected chi connectivity index (χ0v) is 10.9. The van der Waals surface area contributed by atoms with Crippen molar-refractivity contribution in [1.29, 1.82) is 0 Å². The van der Waals surface area contributed by atoms with Crippen molar-refractivity contribution in [2.45, 2.75) is 31.4 Å². The number of sulfone groups is 1. The number of H-pyrrole nitrogens is 1. The van der Waals surface area contributed by atoms with Crippen molar-refractivity contribution >= 4 is 21.6 Å². The van der Waals surface area contributed by atoms with Gasteiger partial charge in [0.25, 0.3) is 0 Å². The van der Waals surface area contributed by atoms with Gasteiger partial charge in [0.15, 0.2) is 20.7 Å². The number of esters is 1. The van der Waals surface area contributed by atoms with Gasteiger partial charge >= 0.3 is 5.97 Å². The van der Waals surface area contributed by atoms with Crippen LogP contribution < -0.4 is 5.73 Å². The molecule has 0 amide bonds. The summed E-state index contributed by atoms with van der Waals surface area (Å²) in [5, 5.41) is 5.39. The molecule has 1 rings (SSSR count). The molecule has 0 aliphatic rings. The number of carbonyl (C=O) groups excluding carboxylic acids is 1. The van der Waals surface area contributed by atoms with Gasteiger partial charge in [-0.3, -0.25) is 5.10 Å². The number of ether oxygens (including phenoxy) is 1. The van der Waals surface area contributed by atoms with E-state index in [4.69, 9.17) is 10.5 Å². The molecular formula is C9H15N3O4S. The van der Waals surface area contributed by atoms with E-state index >= 15 is 0 Å². The summed E-state index contributed by atoms with van der Waals surface area (Å²) in [5.41, 5.74) is 4.46. The molecule has 1 aromatic heterocycles.